The Labute approximate surface area is 194 Å². The third kappa shape index (κ3) is 4.13. The Morgan fingerprint density at radius 1 is 0.970 bits per heavy atom. The van der Waals surface area contributed by atoms with Crippen LogP contribution in [0.3, 0.4) is 0 Å². The highest BCUT2D eigenvalue weighted by Gasteiger charge is 2.53. The van der Waals surface area contributed by atoms with Crippen LogP contribution >= 0.6 is 0 Å². The third-order valence-electron chi connectivity index (χ3n) is 6.91. The number of nitrogens with zero attached hydrogens (tertiary/aromatic N) is 5. The zero-order valence-corrected chi connectivity index (χ0v) is 19.3. The number of aliphatic hydroxyl groups is 1. The average molecular weight is 450 g/mol. The maximum Gasteiger partial charge on any atom is 0.319 e. The quantitative estimate of drug-likeness (QED) is 0.587. The molecule has 5 rings (SSSR count). The Kier molecular flexibility index (Phi) is 6.12. The molecule has 174 valence electrons. The first-order valence-corrected chi connectivity index (χ1v) is 11.9. The molecule has 2 aliphatic rings. The van der Waals surface area contributed by atoms with Gasteiger partial charge in [-0.3, -0.25) is 9.88 Å². The summed E-state index contributed by atoms with van der Waals surface area (Å²) in [6.45, 7) is 7.04. The Morgan fingerprint density at radius 3 is 2.42 bits per heavy atom. The van der Waals surface area contributed by atoms with Crippen molar-refractivity contribution >= 4 is 11.0 Å². The molecule has 1 saturated heterocycles. The first kappa shape index (κ1) is 22.0. The highest BCUT2D eigenvalue weighted by Crippen LogP contribution is 2.51. The van der Waals surface area contributed by atoms with E-state index in [2.05, 4.69) is 19.9 Å². The van der Waals surface area contributed by atoms with Crippen LogP contribution in [0.5, 0.6) is 11.9 Å². The zero-order valence-electron chi connectivity index (χ0n) is 19.3. The van der Waals surface area contributed by atoms with E-state index in [-0.39, 0.29) is 17.8 Å². The fourth-order valence-corrected chi connectivity index (χ4v) is 5.48. The summed E-state index contributed by atoms with van der Waals surface area (Å²) < 4.78 is 11.3. The summed E-state index contributed by atoms with van der Waals surface area (Å²) in [4.78, 5) is 20.6. The lowest BCUT2D eigenvalue weighted by molar-refractivity contribution is -0.150. The summed E-state index contributed by atoms with van der Waals surface area (Å²) >= 11 is 0. The molecule has 1 saturated carbocycles. The Bertz CT molecular complexity index is 1110. The van der Waals surface area contributed by atoms with Gasteiger partial charge in [-0.25, -0.2) is 9.97 Å². The molecule has 33 heavy (non-hydrogen) atoms. The second kappa shape index (κ2) is 9.19. The van der Waals surface area contributed by atoms with E-state index >= 15 is 0 Å². The molecule has 2 fully saturated rings. The highest BCUT2D eigenvalue weighted by atomic mass is 16.5. The molecule has 1 aromatic carbocycles. The van der Waals surface area contributed by atoms with Gasteiger partial charge < -0.3 is 14.6 Å². The molecule has 0 amide bonds. The van der Waals surface area contributed by atoms with Crippen molar-refractivity contribution in [1.29, 1.82) is 0 Å². The van der Waals surface area contributed by atoms with Gasteiger partial charge in [0.1, 0.15) is 5.60 Å². The second-order valence-corrected chi connectivity index (χ2v) is 8.93. The smallest absolute Gasteiger partial charge is 0.319 e. The van der Waals surface area contributed by atoms with Crippen LogP contribution in [0.1, 0.15) is 44.4 Å². The number of para-hydroxylation sites is 2. The first-order chi connectivity index (χ1) is 16.1. The number of aromatic nitrogens is 4. The number of piperidine rings is 1. The van der Waals surface area contributed by atoms with Crippen LogP contribution in [-0.2, 0) is 12.1 Å². The normalized spacial score (nSPS) is 25.2. The molecule has 2 atom stereocenters. The molecule has 3 aromatic rings. The van der Waals surface area contributed by atoms with E-state index in [0.29, 0.717) is 24.7 Å². The molecule has 2 aromatic heterocycles. The van der Waals surface area contributed by atoms with Gasteiger partial charge in [0.2, 0.25) is 5.88 Å². The van der Waals surface area contributed by atoms with Crippen LogP contribution in [0, 0.1) is 11.8 Å². The van der Waals surface area contributed by atoms with E-state index in [0.717, 1.165) is 55.6 Å². The maximum absolute atomic E-state index is 12.1. The fraction of sp³-hybridized carbons (Fsp3) is 0.520. The average Bonchev–Trinajstić information content (AvgIpc) is 2.80. The molecule has 0 radical (unpaired) electrons. The summed E-state index contributed by atoms with van der Waals surface area (Å²) in [6, 6.07) is 8.22. The van der Waals surface area contributed by atoms with E-state index in [9.17, 15) is 5.11 Å². The molecule has 1 aliphatic carbocycles. The van der Waals surface area contributed by atoms with Crippen molar-refractivity contribution in [3.05, 3.63) is 47.9 Å². The number of rotatable bonds is 7. The van der Waals surface area contributed by atoms with Gasteiger partial charge in [-0.1, -0.05) is 18.6 Å². The lowest BCUT2D eigenvalue weighted by atomic mass is 9.63. The minimum absolute atomic E-state index is 0.0687. The summed E-state index contributed by atoms with van der Waals surface area (Å²) in [5.74, 6) is 0.572. The van der Waals surface area contributed by atoms with Crippen molar-refractivity contribution in [2.45, 2.75) is 45.3 Å². The monoisotopic (exact) mass is 449 g/mol. The number of hydrogen-bond donors (Lipinski definition) is 1. The molecule has 8 heteroatoms. The number of ether oxygens (including phenoxy) is 2. The largest absolute Gasteiger partial charge is 0.478 e. The first-order valence-electron chi connectivity index (χ1n) is 11.9. The minimum atomic E-state index is -1.01. The second-order valence-electron chi connectivity index (χ2n) is 8.93. The minimum Gasteiger partial charge on any atom is -0.478 e. The van der Waals surface area contributed by atoms with Crippen LogP contribution in [0.15, 0.2) is 36.7 Å². The third-order valence-corrected chi connectivity index (χ3v) is 6.91. The van der Waals surface area contributed by atoms with Gasteiger partial charge >= 0.3 is 6.01 Å². The molecule has 8 nitrogen and oxygen atoms in total. The van der Waals surface area contributed by atoms with Gasteiger partial charge in [-0.2, -0.15) is 4.98 Å². The highest BCUT2D eigenvalue weighted by molar-refractivity contribution is 5.73. The molecule has 1 N–H and O–H groups in total. The number of benzene rings is 1. The van der Waals surface area contributed by atoms with Crippen LogP contribution in [0.25, 0.3) is 11.0 Å². The Morgan fingerprint density at radius 2 is 1.70 bits per heavy atom. The van der Waals surface area contributed by atoms with E-state index in [1.54, 1.807) is 6.20 Å². The van der Waals surface area contributed by atoms with Gasteiger partial charge in [-0.05, 0) is 38.8 Å². The van der Waals surface area contributed by atoms with Crippen molar-refractivity contribution in [3.8, 4) is 11.9 Å². The molecule has 1 aliphatic heterocycles. The van der Waals surface area contributed by atoms with E-state index in [1.807, 2.05) is 44.3 Å². The van der Waals surface area contributed by atoms with Crippen molar-refractivity contribution in [1.82, 2.24) is 24.8 Å². The molecular formula is C25H31N5O3. The van der Waals surface area contributed by atoms with Gasteiger partial charge in [0.25, 0.3) is 0 Å². The number of likely N-dealkylation sites (tertiary alicyclic amines) is 1. The van der Waals surface area contributed by atoms with Crippen LogP contribution in [0.4, 0.5) is 0 Å². The molecule has 0 unspecified atom stereocenters. The Balaban J connectivity index is 1.41. The molecule has 2 bridgehead atoms. The zero-order chi connectivity index (χ0) is 22.8. The number of fused-ring (bicyclic) bond motifs is 3. The van der Waals surface area contributed by atoms with Crippen LogP contribution in [-0.4, -0.2) is 56.2 Å². The predicted octanol–water partition coefficient (Wildman–Crippen LogP) is 3.34. The molecule has 3 heterocycles. The van der Waals surface area contributed by atoms with E-state index in [1.165, 1.54) is 0 Å². The van der Waals surface area contributed by atoms with Crippen molar-refractivity contribution in [2.24, 2.45) is 11.8 Å². The molecule has 0 spiro atoms. The van der Waals surface area contributed by atoms with Crippen LogP contribution < -0.4 is 9.47 Å². The van der Waals surface area contributed by atoms with Crippen molar-refractivity contribution < 1.29 is 14.6 Å². The van der Waals surface area contributed by atoms with Gasteiger partial charge in [-0.15, -0.1) is 0 Å². The fourth-order valence-electron chi connectivity index (χ4n) is 5.48. The number of hydrogen-bond acceptors (Lipinski definition) is 8. The van der Waals surface area contributed by atoms with Crippen molar-refractivity contribution in [3.63, 3.8) is 0 Å². The topological polar surface area (TPSA) is 93.5 Å². The molecular weight excluding hydrogens is 418 g/mol. The van der Waals surface area contributed by atoms with E-state index in [4.69, 9.17) is 14.5 Å². The van der Waals surface area contributed by atoms with Gasteiger partial charge in [0.15, 0.2) is 0 Å². The van der Waals surface area contributed by atoms with Crippen LogP contribution in [0.2, 0.25) is 0 Å². The Hall–Kier alpha value is -2.84. The summed E-state index contributed by atoms with van der Waals surface area (Å²) in [5, 5.41) is 12.1. The lowest BCUT2D eigenvalue weighted by Crippen LogP contribution is -2.58. The van der Waals surface area contributed by atoms with Gasteiger partial charge in [0.05, 0.1) is 41.7 Å². The maximum atomic E-state index is 12.1. The standard InChI is InChI=1S/C25H31N5O3/c1-3-32-23-20(13-27-24(29-23)33-4-2)25(31)17-8-7-9-18(25)15-30(14-17)16-19-12-26-21-10-5-6-11-22(21)28-19/h5-6,10-13,17-18,31H,3-4,7-9,14-16H2,1-2H3/t17-,18-/m0/s1. The summed E-state index contributed by atoms with van der Waals surface area (Å²) in [6.07, 6.45) is 6.59. The van der Waals surface area contributed by atoms with Gasteiger partial charge in [0, 0.05) is 37.7 Å². The SMILES string of the molecule is CCOc1ncc(C2(O)[C@H]3CCC[C@H]2CN(Cc2cnc4ccccc4n2)C3)c(OCC)n1. The van der Waals surface area contributed by atoms with Crippen molar-refractivity contribution in [2.75, 3.05) is 26.3 Å². The summed E-state index contributed by atoms with van der Waals surface area (Å²) in [5.41, 5.74) is 2.45. The van der Waals surface area contributed by atoms with E-state index < -0.39 is 5.60 Å². The lowest BCUT2D eigenvalue weighted by Gasteiger charge is -2.53. The summed E-state index contributed by atoms with van der Waals surface area (Å²) in [7, 11) is 0. The predicted molar refractivity (Wildman–Crippen MR) is 124 cm³/mol.